The maximum atomic E-state index is 13.2. The third kappa shape index (κ3) is 2.69. The number of amides is 1. The lowest BCUT2D eigenvalue weighted by atomic mass is 10.0. The van der Waals surface area contributed by atoms with Crippen LogP contribution in [0.4, 0.5) is 10.1 Å². The van der Waals surface area contributed by atoms with Gasteiger partial charge in [-0.25, -0.2) is 4.39 Å². The molecule has 1 N–H and O–H groups in total. The summed E-state index contributed by atoms with van der Waals surface area (Å²) in [6.07, 6.45) is 0. The van der Waals surface area contributed by atoms with Crippen molar-refractivity contribution in [2.45, 2.75) is 6.92 Å². The Balaban J connectivity index is 2.47. The van der Waals surface area contributed by atoms with E-state index in [2.05, 4.69) is 5.32 Å². The molecule has 0 heterocycles. The molecule has 0 radical (unpaired) electrons. The quantitative estimate of drug-likeness (QED) is 0.839. The molecule has 86 valence electrons. The molecule has 0 bridgehead atoms. The van der Waals surface area contributed by atoms with E-state index in [-0.39, 0.29) is 11.7 Å². The monoisotopic (exact) mass is 229 g/mol. The first-order valence-electron chi connectivity index (χ1n) is 5.29. The van der Waals surface area contributed by atoms with Gasteiger partial charge in [-0.2, -0.15) is 0 Å². The second-order valence-corrected chi connectivity index (χ2v) is 3.74. The van der Waals surface area contributed by atoms with E-state index >= 15 is 0 Å². The van der Waals surface area contributed by atoms with Gasteiger partial charge in [0.25, 0.3) is 0 Å². The zero-order chi connectivity index (χ0) is 12.3. The van der Waals surface area contributed by atoms with Crippen molar-refractivity contribution in [2.24, 2.45) is 0 Å². The van der Waals surface area contributed by atoms with Gasteiger partial charge >= 0.3 is 0 Å². The number of anilines is 1. The van der Waals surface area contributed by atoms with Crippen LogP contribution in [0.2, 0.25) is 0 Å². The van der Waals surface area contributed by atoms with Gasteiger partial charge in [-0.1, -0.05) is 30.3 Å². The van der Waals surface area contributed by atoms with Crippen LogP contribution in [0.1, 0.15) is 6.92 Å². The minimum absolute atomic E-state index is 0.145. The number of rotatable bonds is 2. The molecule has 0 aliphatic carbocycles. The van der Waals surface area contributed by atoms with E-state index in [9.17, 15) is 9.18 Å². The van der Waals surface area contributed by atoms with E-state index in [1.54, 1.807) is 12.1 Å². The standard InChI is InChI=1S/C14H12FNO/c1-10(17)16-14-8-3-2-7-13(14)11-5-4-6-12(15)9-11/h2-9H,1H3,(H,16,17). The van der Waals surface area contributed by atoms with Crippen LogP contribution in [0.3, 0.4) is 0 Å². The average Bonchev–Trinajstić information content (AvgIpc) is 2.29. The van der Waals surface area contributed by atoms with Gasteiger partial charge < -0.3 is 5.32 Å². The lowest BCUT2D eigenvalue weighted by molar-refractivity contribution is -0.114. The van der Waals surface area contributed by atoms with Crippen molar-refractivity contribution < 1.29 is 9.18 Å². The van der Waals surface area contributed by atoms with Crippen LogP contribution in [0.25, 0.3) is 11.1 Å². The van der Waals surface area contributed by atoms with Gasteiger partial charge in [0.15, 0.2) is 0 Å². The van der Waals surface area contributed by atoms with Crippen LogP contribution in [0, 0.1) is 5.82 Å². The molecule has 3 heteroatoms. The topological polar surface area (TPSA) is 29.1 Å². The molecule has 0 saturated carbocycles. The molecule has 0 atom stereocenters. The van der Waals surface area contributed by atoms with Crippen LogP contribution in [0.5, 0.6) is 0 Å². The molecular weight excluding hydrogens is 217 g/mol. The third-order valence-electron chi connectivity index (χ3n) is 2.37. The summed E-state index contributed by atoms with van der Waals surface area (Å²) in [5, 5.41) is 2.73. The van der Waals surface area contributed by atoms with Gasteiger partial charge in [0.2, 0.25) is 5.91 Å². The smallest absolute Gasteiger partial charge is 0.221 e. The summed E-state index contributed by atoms with van der Waals surface area (Å²) >= 11 is 0. The van der Waals surface area contributed by atoms with E-state index in [4.69, 9.17) is 0 Å². The molecular formula is C14H12FNO. The predicted molar refractivity (Wildman–Crippen MR) is 66.1 cm³/mol. The normalized spacial score (nSPS) is 10.0. The SMILES string of the molecule is CC(=O)Nc1ccccc1-c1cccc(F)c1. The molecule has 2 aromatic carbocycles. The highest BCUT2D eigenvalue weighted by Crippen LogP contribution is 2.28. The second kappa shape index (κ2) is 4.78. The van der Waals surface area contributed by atoms with Crippen LogP contribution >= 0.6 is 0 Å². The van der Waals surface area contributed by atoms with E-state index < -0.39 is 0 Å². The van der Waals surface area contributed by atoms with Crippen LogP contribution < -0.4 is 5.32 Å². The van der Waals surface area contributed by atoms with Crippen molar-refractivity contribution in [1.29, 1.82) is 0 Å². The number of benzene rings is 2. The van der Waals surface area contributed by atoms with Crippen molar-refractivity contribution in [3.8, 4) is 11.1 Å². The number of para-hydroxylation sites is 1. The third-order valence-corrected chi connectivity index (χ3v) is 2.37. The molecule has 17 heavy (non-hydrogen) atoms. The van der Waals surface area contributed by atoms with Gasteiger partial charge in [0, 0.05) is 18.2 Å². The average molecular weight is 229 g/mol. The Morgan fingerprint density at radius 2 is 1.88 bits per heavy atom. The van der Waals surface area contributed by atoms with Gasteiger partial charge in [-0.3, -0.25) is 4.79 Å². The van der Waals surface area contributed by atoms with Crippen molar-refractivity contribution in [2.75, 3.05) is 5.32 Å². The minimum atomic E-state index is -0.292. The molecule has 1 amide bonds. The largest absolute Gasteiger partial charge is 0.326 e. The zero-order valence-corrected chi connectivity index (χ0v) is 9.41. The maximum Gasteiger partial charge on any atom is 0.221 e. The van der Waals surface area contributed by atoms with Gasteiger partial charge in [-0.05, 0) is 23.8 Å². The number of carbonyl (C=O) groups excluding carboxylic acids is 1. The Bertz CT molecular complexity index is 551. The molecule has 0 saturated heterocycles. The summed E-state index contributed by atoms with van der Waals surface area (Å²) in [5.74, 6) is -0.436. The molecule has 0 aromatic heterocycles. The molecule has 0 spiro atoms. The molecule has 0 unspecified atom stereocenters. The molecule has 2 aromatic rings. The van der Waals surface area contributed by atoms with Gasteiger partial charge in [0.05, 0.1) is 0 Å². The highest BCUT2D eigenvalue weighted by molar-refractivity contribution is 5.94. The maximum absolute atomic E-state index is 13.2. The minimum Gasteiger partial charge on any atom is -0.326 e. The molecule has 0 fully saturated rings. The number of hydrogen-bond donors (Lipinski definition) is 1. The number of halogens is 1. The lowest BCUT2D eigenvalue weighted by Gasteiger charge is -2.09. The fraction of sp³-hybridized carbons (Fsp3) is 0.0714. The van der Waals surface area contributed by atoms with E-state index in [1.165, 1.54) is 19.1 Å². The Kier molecular flexibility index (Phi) is 3.19. The van der Waals surface area contributed by atoms with E-state index in [0.29, 0.717) is 5.69 Å². The first-order chi connectivity index (χ1) is 8.16. The molecule has 0 aliphatic rings. The first kappa shape index (κ1) is 11.3. The summed E-state index contributed by atoms with van der Waals surface area (Å²) < 4.78 is 13.2. The number of hydrogen-bond acceptors (Lipinski definition) is 1. The van der Waals surface area contributed by atoms with Gasteiger partial charge in [0.1, 0.15) is 5.82 Å². The summed E-state index contributed by atoms with van der Waals surface area (Å²) in [6, 6.07) is 13.6. The molecule has 0 aliphatic heterocycles. The number of nitrogens with one attached hydrogen (secondary N) is 1. The number of carbonyl (C=O) groups is 1. The lowest BCUT2D eigenvalue weighted by Crippen LogP contribution is -2.06. The zero-order valence-electron chi connectivity index (χ0n) is 9.41. The molecule has 2 rings (SSSR count). The second-order valence-electron chi connectivity index (χ2n) is 3.74. The van der Waals surface area contributed by atoms with Crippen molar-refractivity contribution in [3.63, 3.8) is 0 Å². The fourth-order valence-electron chi connectivity index (χ4n) is 1.69. The van der Waals surface area contributed by atoms with E-state index in [1.807, 2.05) is 24.3 Å². The van der Waals surface area contributed by atoms with Gasteiger partial charge in [-0.15, -0.1) is 0 Å². The van der Waals surface area contributed by atoms with Crippen molar-refractivity contribution in [1.82, 2.24) is 0 Å². The van der Waals surface area contributed by atoms with Crippen LogP contribution in [0.15, 0.2) is 48.5 Å². The molecule has 2 nitrogen and oxygen atoms in total. The van der Waals surface area contributed by atoms with E-state index in [0.717, 1.165) is 11.1 Å². The van der Waals surface area contributed by atoms with Crippen molar-refractivity contribution in [3.05, 3.63) is 54.3 Å². The summed E-state index contributed by atoms with van der Waals surface area (Å²) in [4.78, 5) is 11.1. The Morgan fingerprint density at radius 1 is 1.12 bits per heavy atom. The highest BCUT2D eigenvalue weighted by atomic mass is 19.1. The predicted octanol–water partition coefficient (Wildman–Crippen LogP) is 3.45. The Morgan fingerprint density at radius 3 is 2.59 bits per heavy atom. The van der Waals surface area contributed by atoms with Crippen LogP contribution in [-0.2, 0) is 4.79 Å². The first-order valence-corrected chi connectivity index (χ1v) is 5.29. The summed E-state index contributed by atoms with van der Waals surface area (Å²) in [7, 11) is 0. The van der Waals surface area contributed by atoms with Crippen LogP contribution in [-0.4, -0.2) is 5.91 Å². The summed E-state index contributed by atoms with van der Waals surface area (Å²) in [5.41, 5.74) is 2.24. The Hall–Kier alpha value is -2.16. The summed E-state index contributed by atoms with van der Waals surface area (Å²) in [6.45, 7) is 1.45. The Labute approximate surface area is 99.1 Å². The van der Waals surface area contributed by atoms with Crippen molar-refractivity contribution >= 4 is 11.6 Å². The fourth-order valence-corrected chi connectivity index (χ4v) is 1.69. The highest BCUT2D eigenvalue weighted by Gasteiger charge is 2.06.